The highest BCUT2D eigenvalue weighted by Crippen LogP contribution is 2.36. The summed E-state index contributed by atoms with van der Waals surface area (Å²) in [7, 11) is 0. The van der Waals surface area contributed by atoms with E-state index in [1.54, 1.807) is 0 Å². The van der Waals surface area contributed by atoms with Gasteiger partial charge in [0.05, 0.1) is 19.0 Å². The number of aromatic nitrogens is 1. The van der Waals surface area contributed by atoms with E-state index in [-0.39, 0.29) is 0 Å². The maximum absolute atomic E-state index is 5.99. The monoisotopic (exact) mass is 524 g/mol. The Morgan fingerprint density at radius 2 is 1.36 bits per heavy atom. The largest absolute Gasteiger partial charge is 0.498 e. The first kappa shape index (κ1) is 27.0. The quantitative estimate of drug-likeness (QED) is 0.187. The van der Waals surface area contributed by atoms with Gasteiger partial charge in [-0.1, -0.05) is 42.5 Å². The number of fused-ring (bicyclic) bond motifs is 3. The Labute approximate surface area is 231 Å². The number of hydrogen-bond donors (Lipinski definition) is 3. The lowest BCUT2D eigenvalue weighted by atomic mass is 9.97. The lowest BCUT2D eigenvalue weighted by Crippen LogP contribution is -2.06. The molecule has 0 bridgehead atoms. The number of allylic oxidation sites excluding steroid dienone is 4. The van der Waals surface area contributed by atoms with Gasteiger partial charge >= 0.3 is 0 Å². The number of hydrogen-bond acceptors (Lipinski definition) is 5. The summed E-state index contributed by atoms with van der Waals surface area (Å²) in [5.41, 5.74) is 24.4. The van der Waals surface area contributed by atoms with Crippen molar-refractivity contribution in [1.82, 2.24) is 4.57 Å². The Morgan fingerprint density at radius 3 is 2.10 bits per heavy atom. The summed E-state index contributed by atoms with van der Waals surface area (Å²) in [6.07, 6.45) is 9.05. The molecule has 6 nitrogen and oxygen atoms in total. The van der Waals surface area contributed by atoms with Gasteiger partial charge in [0, 0.05) is 34.8 Å². The second kappa shape index (κ2) is 13.0. The van der Waals surface area contributed by atoms with E-state index >= 15 is 0 Å². The molecule has 6 N–H and O–H groups in total. The summed E-state index contributed by atoms with van der Waals surface area (Å²) < 4.78 is 14.3. The third-order valence-electron chi connectivity index (χ3n) is 7.28. The molecule has 0 atom stereocenters. The second-order valence-electron chi connectivity index (χ2n) is 10.1. The van der Waals surface area contributed by atoms with E-state index in [0.29, 0.717) is 32.8 Å². The molecule has 0 aliphatic heterocycles. The molecule has 0 saturated heterocycles. The third-order valence-corrected chi connectivity index (χ3v) is 7.28. The molecule has 0 radical (unpaired) electrons. The molecule has 0 fully saturated rings. The van der Waals surface area contributed by atoms with E-state index in [0.717, 1.165) is 55.7 Å². The average Bonchev–Trinajstić information content (AvgIpc) is 3.28. The van der Waals surface area contributed by atoms with Gasteiger partial charge in [-0.25, -0.2) is 0 Å². The number of ether oxygens (including phenoxy) is 2. The lowest BCUT2D eigenvalue weighted by Gasteiger charge is -2.16. The molecule has 0 spiro atoms. The number of benzene rings is 3. The van der Waals surface area contributed by atoms with Crippen molar-refractivity contribution in [2.24, 2.45) is 17.2 Å². The highest BCUT2D eigenvalue weighted by molar-refractivity contribution is 6.09. The van der Waals surface area contributed by atoms with Crippen LogP contribution in [0, 0.1) is 0 Å². The van der Waals surface area contributed by atoms with E-state index in [2.05, 4.69) is 65.3 Å². The van der Waals surface area contributed by atoms with Crippen molar-refractivity contribution in [1.29, 1.82) is 0 Å². The van der Waals surface area contributed by atoms with Crippen LogP contribution in [-0.2, 0) is 11.3 Å². The van der Waals surface area contributed by atoms with Gasteiger partial charge in [0.1, 0.15) is 5.75 Å². The molecular formula is C33H40N4O2. The van der Waals surface area contributed by atoms with Crippen molar-refractivity contribution in [3.8, 4) is 16.9 Å². The first-order valence-electron chi connectivity index (χ1n) is 14.1. The topological polar surface area (TPSA) is 101 Å². The zero-order valence-electron chi connectivity index (χ0n) is 22.7. The molecular weight excluding hydrogens is 484 g/mol. The Balaban J connectivity index is 1.52. The second-order valence-corrected chi connectivity index (χ2v) is 10.1. The summed E-state index contributed by atoms with van der Waals surface area (Å²) in [6, 6.07) is 21.9. The first-order chi connectivity index (χ1) is 19.2. The van der Waals surface area contributed by atoms with Crippen molar-refractivity contribution in [2.75, 3.05) is 32.8 Å². The van der Waals surface area contributed by atoms with E-state index in [1.165, 1.54) is 38.5 Å². The Hall–Kier alpha value is -3.58. The third kappa shape index (κ3) is 6.19. The van der Waals surface area contributed by atoms with Gasteiger partial charge in [0.25, 0.3) is 0 Å². The molecule has 204 valence electrons. The predicted octanol–water partition coefficient (Wildman–Crippen LogP) is 5.96. The Kier molecular flexibility index (Phi) is 8.99. The van der Waals surface area contributed by atoms with E-state index in [9.17, 15) is 0 Å². The summed E-state index contributed by atoms with van der Waals surface area (Å²) in [5, 5.41) is 2.52. The van der Waals surface area contributed by atoms with Crippen LogP contribution in [0.15, 0.2) is 78.6 Å². The predicted molar refractivity (Wildman–Crippen MR) is 163 cm³/mol. The Bertz CT molecular complexity index is 1480. The van der Waals surface area contributed by atoms with Gasteiger partial charge in [-0.2, -0.15) is 0 Å². The van der Waals surface area contributed by atoms with Gasteiger partial charge in [-0.15, -0.1) is 0 Å². The van der Waals surface area contributed by atoms with Crippen LogP contribution < -0.4 is 21.9 Å². The average molecular weight is 525 g/mol. The summed E-state index contributed by atoms with van der Waals surface area (Å²) in [5.74, 6) is 1.91. The van der Waals surface area contributed by atoms with Crippen LogP contribution in [0.3, 0.4) is 0 Å². The molecule has 6 heteroatoms. The van der Waals surface area contributed by atoms with Gasteiger partial charge in [0.2, 0.25) is 0 Å². The van der Waals surface area contributed by atoms with Crippen molar-refractivity contribution in [2.45, 2.75) is 38.6 Å². The summed E-state index contributed by atoms with van der Waals surface area (Å²) >= 11 is 0. The fourth-order valence-corrected chi connectivity index (χ4v) is 5.26. The maximum atomic E-state index is 5.99. The van der Waals surface area contributed by atoms with Gasteiger partial charge in [-0.3, -0.25) is 0 Å². The van der Waals surface area contributed by atoms with Crippen molar-refractivity contribution in [3.05, 3.63) is 84.1 Å². The number of nitrogens with zero attached hydrogens (tertiary/aromatic N) is 1. The lowest BCUT2D eigenvalue weighted by molar-refractivity contribution is 0.200. The fourth-order valence-electron chi connectivity index (χ4n) is 5.26. The van der Waals surface area contributed by atoms with E-state index in [1.807, 2.05) is 12.1 Å². The first-order valence-corrected chi connectivity index (χ1v) is 14.1. The molecule has 0 amide bonds. The van der Waals surface area contributed by atoms with Crippen LogP contribution >= 0.6 is 0 Å². The van der Waals surface area contributed by atoms with E-state index < -0.39 is 0 Å². The Morgan fingerprint density at radius 1 is 0.692 bits per heavy atom. The van der Waals surface area contributed by atoms with Gasteiger partial charge < -0.3 is 31.2 Å². The van der Waals surface area contributed by atoms with Crippen LogP contribution in [0.1, 0.15) is 37.7 Å². The maximum Gasteiger partial charge on any atom is 0.119 e. The molecule has 0 unspecified atom stereocenters. The van der Waals surface area contributed by atoms with Crippen molar-refractivity contribution in [3.63, 3.8) is 0 Å². The van der Waals surface area contributed by atoms with Gasteiger partial charge in [0.15, 0.2) is 0 Å². The molecule has 1 aliphatic carbocycles. The summed E-state index contributed by atoms with van der Waals surface area (Å²) in [6.45, 7) is 4.10. The molecule has 1 aromatic heterocycles. The summed E-state index contributed by atoms with van der Waals surface area (Å²) in [4.78, 5) is 0. The van der Waals surface area contributed by atoms with Crippen LogP contribution in [0.4, 0.5) is 0 Å². The van der Waals surface area contributed by atoms with Crippen molar-refractivity contribution >= 4 is 27.4 Å². The smallest absolute Gasteiger partial charge is 0.119 e. The highest BCUT2D eigenvalue weighted by Gasteiger charge is 2.15. The number of nitrogens with two attached hydrogens (primary N) is 3. The van der Waals surface area contributed by atoms with Gasteiger partial charge in [-0.05, 0) is 97.9 Å². The van der Waals surface area contributed by atoms with E-state index in [4.69, 9.17) is 26.7 Å². The SMILES string of the molecule is NCCCOC1=CC(c2ccc3c4ccc(-c5cccc(OCCCN)c5)cc4n(CCCN)c3c2)=CCC1. The number of aryl methyl sites for hydroxylation is 1. The minimum absolute atomic E-state index is 0.627. The molecule has 5 rings (SSSR count). The minimum atomic E-state index is 0.627. The fraction of sp³-hybridized carbons (Fsp3) is 0.333. The van der Waals surface area contributed by atoms with Crippen LogP contribution in [0.2, 0.25) is 0 Å². The zero-order valence-corrected chi connectivity index (χ0v) is 22.7. The standard InChI is InChI=1S/C33H40N4O2/c34-14-3-17-37-32-22-26(24-6-1-8-28(20-24)38-18-4-15-35)10-12-30(32)31-13-11-27(23-33(31)37)25-7-2-9-29(21-25)39-19-5-16-36/h1,6-8,10-13,20-23H,2-5,9,14-19,34-36H2. The molecule has 1 heterocycles. The molecule has 4 aromatic rings. The minimum Gasteiger partial charge on any atom is -0.498 e. The van der Waals surface area contributed by atoms with Crippen LogP contribution in [0.25, 0.3) is 38.5 Å². The highest BCUT2D eigenvalue weighted by atomic mass is 16.5. The van der Waals surface area contributed by atoms with Crippen LogP contribution in [0.5, 0.6) is 5.75 Å². The zero-order chi connectivity index (χ0) is 27.0. The molecule has 3 aromatic carbocycles. The molecule has 39 heavy (non-hydrogen) atoms. The normalized spacial score (nSPS) is 13.5. The van der Waals surface area contributed by atoms with Crippen LogP contribution in [-0.4, -0.2) is 37.4 Å². The number of rotatable bonds is 13. The van der Waals surface area contributed by atoms with Crippen molar-refractivity contribution < 1.29 is 9.47 Å². The molecule has 1 aliphatic rings. The molecule has 0 saturated carbocycles.